The standard InChI is InChI=1S/C21H29NO/c1-16(22-15-14-21(2,3)4)17-10-12-18(13-11-17)19-8-6-7-9-20(19)23-5/h6-13,16,22H,14-15H2,1-5H3. The molecule has 2 aromatic carbocycles. The van der Waals surface area contributed by atoms with Crippen molar-refractivity contribution in [3.05, 3.63) is 54.1 Å². The highest BCUT2D eigenvalue weighted by Gasteiger charge is 2.11. The zero-order valence-corrected chi connectivity index (χ0v) is 15.0. The fourth-order valence-electron chi connectivity index (χ4n) is 2.62. The van der Waals surface area contributed by atoms with Crippen LogP contribution in [0.15, 0.2) is 48.5 Å². The Hall–Kier alpha value is -1.80. The Morgan fingerprint density at radius 2 is 1.65 bits per heavy atom. The van der Waals surface area contributed by atoms with Gasteiger partial charge in [-0.3, -0.25) is 0 Å². The lowest BCUT2D eigenvalue weighted by molar-refractivity contribution is 0.358. The molecule has 0 aromatic heterocycles. The first-order chi connectivity index (χ1) is 10.9. The molecule has 1 N–H and O–H groups in total. The van der Waals surface area contributed by atoms with Crippen molar-refractivity contribution in [3.63, 3.8) is 0 Å². The second-order valence-corrected chi connectivity index (χ2v) is 7.31. The monoisotopic (exact) mass is 311 g/mol. The number of para-hydroxylation sites is 1. The maximum atomic E-state index is 5.45. The molecule has 0 amide bonds. The van der Waals surface area contributed by atoms with Gasteiger partial charge in [-0.1, -0.05) is 63.2 Å². The van der Waals surface area contributed by atoms with Gasteiger partial charge in [-0.05, 0) is 42.5 Å². The lowest BCUT2D eigenvalue weighted by atomic mass is 9.92. The molecule has 2 heteroatoms. The van der Waals surface area contributed by atoms with Crippen LogP contribution in [0, 0.1) is 5.41 Å². The van der Waals surface area contributed by atoms with E-state index in [9.17, 15) is 0 Å². The molecular weight excluding hydrogens is 282 g/mol. The zero-order chi connectivity index (χ0) is 16.9. The molecule has 0 bridgehead atoms. The fraction of sp³-hybridized carbons (Fsp3) is 0.429. The summed E-state index contributed by atoms with van der Waals surface area (Å²) in [5.41, 5.74) is 4.01. The third-order valence-electron chi connectivity index (χ3n) is 4.15. The van der Waals surface area contributed by atoms with Crippen molar-refractivity contribution in [1.29, 1.82) is 0 Å². The second kappa shape index (κ2) is 7.65. The lowest BCUT2D eigenvalue weighted by Crippen LogP contribution is -2.23. The molecule has 0 spiro atoms. The number of hydrogen-bond acceptors (Lipinski definition) is 2. The van der Waals surface area contributed by atoms with Gasteiger partial charge in [0.25, 0.3) is 0 Å². The molecule has 2 nitrogen and oxygen atoms in total. The number of hydrogen-bond donors (Lipinski definition) is 1. The van der Waals surface area contributed by atoms with E-state index in [4.69, 9.17) is 4.74 Å². The molecule has 0 aliphatic heterocycles. The largest absolute Gasteiger partial charge is 0.496 e. The molecule has 0 radical (unpaired) electrons. The minimum absolute atomic E-state index is 0.365. The quantitative estimate of drug-likeness (QED) is 0.766. The van der Waals surface area contributed by atoms with Crippen LogP contribution in [0.4, 0.5) is 0 Å². The summed E-state index contributed by atoms with van der Waals surface area (Å²) in [5, 5.41) is 3.61. The van der Waals surface area contributed by atoms with Crippen LogP contribution in [0.5, 0.6) is 5.75 Å². The van der Waals surface area contributed by atoms with Crippen LogP contribution in [0.1, 0.15) is 45.7 Å². The molecule has 124 valence electrons. The fourth-order valence-corrected chi connectivity index (χ4v) is 2.62. The predicted octanol–water partition coefficient (Wildman–Crippen LogP) is 5.45. The highest BCUT2D eigenvalue weighted by atomic mass is 16.5. The van der Waals surface area contributed by atoms with E-state index in [1.165, 1.54) is 17.5 Å². The first-order valence-electron chi connectivity index (χ1n) is 8.37. The SMILES string of the molecule is COc1ccccc1-c1ccc(C(C)NCCC(C)(C)C)cc1. The van der Waals surface area contributed by atoms with Gasteiger partial charge in [0.15, 0.2) is 0 Å². The van der Waals surface area contributed by atoms with Crippen LogP contribution in [-0.2, 0) is 0 Å². The third kappa shape index (κ3) is 5.11. The zero-order valence-electron chi connectivity index (χ0n) is 15.0. The molecule has 0 fully saturated rings. The number of benzene rings is 2. The molecule has 1 unspecified atom stereocenters. The van der Waals surface area contributed by atoms with Crippen LogP contribution < -0.4 is 10.1 Å². The van der Waals surface area contributed by atoms with E-state index in [0.717, 1.165) is 17.9 Å². The minimum Gasteiger partial charge on any atom is -0.496 e. The summed E-state index contributed by atoms with van der Waals surface area (Å²) < 4.78 is 5.45. The van der Waals surface area contributed by atoms with Gasteiger partial charge in [0.05, 0.1) is 7.11 Å². The lowest BCUT2D eigenvalue weighted by Gasteiger charge is -2.21. The van der Waals surface area contributed by atoms with E-state index in [-0.39, 0.29) is 0 Å². The highest BCUT2D eigenvalue weighted by Crippen LogP contribution is 2.30. The molecule has 0 aliphatic rings. The van der Waals surface area contributed by atoms with Gasteiger partial charge in [-0.2, -0.15) is 0 Å². The smallest absolute Gasteiger partial charge is 0.126 e. The summed E-state index contributed by atoms with van der Waals surface area (Å²) >= 11 is 0. The van der Waals surface area contributed by atoms with Crippen molar-refractivity contribution in [2.24, 2.45) is 5.41 Å². The molecule has 2 aromatic rings. The number of nitrogens with one attached hydrogen (secondary N) is 1. The summed E-state index contributed by atoms with van der Waals surface area (Å²) in [4.78, 5) is 0. The maximum absolute atomic E-state index is 5.45. The Morgan fingerprint density at radius 1 is 1.00 bits per heavy atom. The molecular formula is C21H29NO. The average Bonchev–Trinajstić information content (AvgIpc) is 2.53. The van der Waals surface area contributed by atoms with Crippen molar-refractivity contribution >= 4 is 0 Å². The van der Waals surface area contributed by atoms with Crippen molar-refractivity contribution in [2.45, 2.75) is 40.2 Å². The van der Waals surface area contributed by atoms with Crippen molar-refractivity contribution in [1.82, 2.24) is 5.32 Å². The van der Waals surface area contributed by atoms with Gasteiger partial charge >= 0.3 is 0 Å². The van der Waals surface area contributed by atoms with Crippen LogP contribution in [0.25, 0.3) is 11.1 Å². The van der Waals surface area contributed by atoms with Gasteiger partial charge in [-0.25, -0.2) is 0 Å². The molecule has 0 aliphatic carbocycles. The summed E-state index contributed by atoms with van der Waals surface area (Å²) in [6.45, 7) is 10.1. The van der Waals surface area contributed by atoms with Crippen LogP contribution in [0.2, 0.25) is 0 Å². The Morgan fingerprint density at radius 3 is 2.26 bits per heavy atom. The summed E-state index contributed by atoms with van der Waals surface area (Å²) in [5.74, 6) is 0.914. The second-order valence-electron chi connectivity index (χ2n) is 7.31. The first kappa shape index (κ1) is 17.6. The Balaban J connectivity index is 2.04. The number of ether oxygens (including phenoxy) is 1. The Labute approximate surface area is 140 Å². The minimum atomic E-state index is 0.365. The summed E-state index contributed by atoms with van der Waals surface area (Å²) in [7, 11) is 1.72. The van der Waals surface area contributed by atoms with Crippen molar-refractivity contribution < 1.29 is 4.74 Å². The van der Waals surface area contributed by atoms with E-state index < -0.39 is 0 Å². The van der Waals surface area contributed by atoms with Gasteiger partial charge in [-0.15, -0.1) is 0 Å². The topological polar surface area (TPSA) is 21.3 Å². The Bertz CT molecular complexity index is 610. The van der Waals surface area contributed by atoms with Gasteiger partial charge < -0.3 is 10.1 Å². The first-order valence-corrected chi connectivity index (χ1v) is 8.37. The Kier molecular flexibility index (Phi) is 5.84. The molecule has 0 saturated heterocycles. The van der Waals surface area contributed by atoms with E-state index in [2.05, 4.69) is 63.3 Å². The van der Waals surface area contributed by atoms with Crippen molar-refractivity contribution in [2.75, 3.05) is 13.7 Å². The van der Waals surface area contributed by atoms with E-state index in [1.54, 1.807) is 7.11 Å². The van der Waals surface area contributed by atoms with Crippen molar-refractivity contribution in [3.8, 4) is 16.9 Å². The van der Waals surface area contributed by atoms with E-state index in [1.807, 2.05) is 18.2 Å². The number of rotatable bonds is 6. The van der Waals surface area contributed by atoms with E-state index in [0.29, 0.717) is 11.5 Å². The normalized spacial score (nSPS) is 12.9. The molecule has 0 heterocycles. The average molecular weight is 311 g/mol. The van der Waals surface area contributed by atoms with Crippen LogP contribution >= 0.6 is 0 Å². The summed E-state index contributed by atoms with van der Waals surface area (Å²) in [6, 6.07) is 17.3. The molecule has 1 atom stereocenters. The van der Waals surface area contributed by atoms with Gasteiger partial charge in [0, 0.05) is 11.6 Å². The number of methoxy groups -OCH3 is 1. The van der Waals surface area contributed by atoms with Crippen LogP contribution in [-0.4, -0.2) is 13.7 Å². The molecule has 23 heavy (non-hydrogen) atoms. The van der Waals surface area contributed by atoms with Crippen LogP contribution in [0.3, 0.4) is 0 Å². The van der Waals surface area contributed by atoms with Gasteiger partial charge in [0.1, 0.15) is 5.75 Å². The molecule has 2 rings (SSSR count). The highest BCUT2D eigenvalue weighted by molar-refractivity contribution is 5.70. The van der Waals surface area contributed by atoms with E-state index >= 15 is 0 Å². The molecule has 0 saturated carbocycles. The predicted molar refractivity (Wildman–Crippen MR) is 98.9 cm³/mol. The maximum Gasteiger partial charge on any atom is 0.126 e. The third-order valence-corrected chi connectivity index (χ3v) is 4.15. The van der Waals surface area contributed by atoms with Gasteiger partial charge in [0.2, 0.25) is 0 Å². The summed E-state index contributed by atoms with van der Waals surface area (Å²) in [6.07, 6.45) is 1.18.